The van der Waals surface area contributed by atoms with E-state index in [0.29, 0.717) is 6.42 Å². The monoisotopic (exact) mass is 212 g/mol. The number of nitrogens with two attached hydrogens (primary N) is 2. The second-order valence-electron chi connectivity index (χ2n) is 2.70. The maximum absolute atomic E-state index is 10.6. The SMILES string of the molecule is NC(=O)C(N)Cc1ccccc1.O=S. The highest BCUT2D eigenvalue weighted by atomic mass is 32.1. The van der Waals surface area contributed by atoms with Crippen LogP contribution in [0.4, 0.5) is 0 Å². The van der Waals surface area contributed by atoms with E-state index >= 15 is 0 Å². The number of primary amides is 1. The summed E-state index contributed by atoms with van der Waals surface area (Å²) >= 11 is 2.83. The van der Waals surface area contributed by atoms with Gasteiger partial charge in [-0.3, -0.25) is 4.79 Å². The van der Waals surface area contributed by atoms with Crippen molar-refractivity contribution >= 4 is 18.4 Å². The molecule has 0 saturated heterocycles. The molecule has 0 aromatic heterocycles. The highest BCUT2D eigenvalue weighted by Crippen LogP contribution is 2.00. The summed E-state index contributed by atoms with van der Waals surface area (Å²) in [5.74, 6) is -0.459. The van der Waals surface area contributed by atoms with Gasteiger partial charge in [-0.05, 0) is 12.0 Å². The van der Waals surface area contributed by atoms with Crippen LogP contribution in [0.1, 0.15) is 5.56 Å². The minimum Gasteiger partial charge on any atom is -0.368 e. The van der Waals surface area contributed by atoms with Gasteiger partial charge in [0.25, 0.3) is 0 Å². The average Bonchev–Trinajstić information content (AvgIpc) is 2.22. The van der Waals surface area contributed by atoms with E-state index in [9.17, 15) is 4.79 Å². The van der Waals surface area contributed by atoms with Gasteiger partial charge in [-0.1, -0.05) is 30.3 Å². The van der Waals surface area contributed by atoms with E-state index < -0.39 is 11.9 Å². The molecular formula is C9H12N2O2S. The van der Waals surface area contributed by atoms with Crippen LogP contribution in [0, 0.1) is 0 Å². The van der Waals surface area contributed by atoms with Gasteiger partial charge in [-0.2, -0.15) is 4.21 Å². The average molecular weight is 212 g/mol. The molecule has 4 N–H and O–H groups in total. The number of carbonyl (C=O) groups is 1. The molecular weight excluding hydrogens is 200 g/mol. The van der Waals surface area contributed by atoms with Gasteiger partial charge in [-0.15, -0.1) is 0 Å². The Morgan fingerprint density at radius 3 is 2.21 bits per heavy atom. The van der Waals surface area contributed by atoms with Gasteiger partial charge in [0.1, 0.15) is 0 Å². The molecule has 1 rings (SSSR count). The first-order chi connectivity index (χ1) is 6.70. The molecule has 5 heteroatoms. The summed E-state index contributed by atoms with van der Waals surface area (Å²) < 4.78 is 7.83. The first-order valence-electron chi connectivity index (χ1n) is 3.95. The third-order valence-electron chi connectivity index (χ3n) is 1.66. The zero-order valence-electron chi connectivity index (χ0n) is 7.55. The van der Waals surface area contributed by atoms with E-state index in [4.69, 9.17) is 15.7 Å². The molecule has 1 amide bonds. The van der Waals surface area contributed by atoms with Crippen LogP contribution in [0.2, 0.25) is 0 Å². The van der Waals surface area contributed by atoms with Crippen molar-refractivity contribution in [3.63, 3.8) is 0 Å². The molecule has 0 heterocycles. The molecule has 0 spiro atoms. The van der Waals surface area contributed by atoms with Crippen molar-refractivity contribution < 1.29 is 9.00 Å². The van der Waals surface area contributed by atoms with Crippen LogP contribution in [0.5, 0.6) is 0 Å². The number of hydrogen-bond acceptors (Lipinski definition) is 4. The van der Waals surface area contributed by atoms with Crippen molar-refractivity contribution in [2.24, 2.45) is 11.5 Å². The number of hydrogen-bond donors (Lipinski definition) is 2. The van der Waals surface area contributed by atoms with Gasteiger partial charge >= 0.3 is 0 Å². The highest BCUT2D eigenvalue weighted by molar-refractivity contribution is 7.44. The molecule has 0 aliphatic carbocycles. The lowest BCUT2D eigenvalue weighted by Crippen LogP contribution is -2.38. The van der Waals surface area contributed by atoms with Gasteiger partial charge in [-0.25, -0.2) is 0 Å². The fraction of sp³-hybridized carbons (Fsp3) is 0.222. The van der Waals surface area contributed by atoms with Gasteiger partial charge < -0.3 is 11.5 Å². The Balaban J connectivity index is 0.000000791. The van der Waals surface area contributed by atoms with Gasteiger partial charge in [0.2, 0.25) is 5.91 Å². The molecule has 0 bridgehead atoms. The van der Waals surface area contributed by atoms with Crippen molar-refractivity contribution in [1.82, 2.24) is 0 Å². The van der Waals surface area contributed by atoms with Crippen LogP contribution in [0.3, 0.4) is 0 Å². The predicted molar refractivity (Wildman–Crippen MR) is 55.5 cm³/mol. The second-order valence-corrected chi connectivity index (χ2v) is 2.70. The molecule has 14 heavy (non-hydrogen) atoms. The summed E-state index contributed by atoms with van der Waals surface area (Å²) in [4.78, 5) is 10.6. The number of benzene rings is 1. The Morgan fingerprint density at radius 2 is 1.79 bits per heavy atom. The summed E-state index contributed by atoms with van der Waals surface area (Å²) in [5, 5.41) is 0. The first kappa shape index (κ1) is 12.7. The Hall–Kier alpha value is -1.33. The van der Waals surface area contributed by atoms with E-state index in [1.165, 1.54) is 0 Å². The summed E-state index contributed by atoms with van der Waals surface area (Å²) in [7, 11) is 0. The van der Waals surface area contributed by atoms with Crippen LogP contribution in [0.15, 0.2) is 30.3 Å². The molecule has 1 aromatic carbocycles. The smallest absolute Gasteiger partial charge is 0.234 e. The third kappa shape index (κ3) is 4.64. The molecule has 76 valence electrons. The number of amides is 1. The fourth-order valence-electron chi connectivity index (χ4n) is 0.969. The maximum Gasteiger partial charge on any atom is 0.234 e. The number of carbonyl (C=O) groups excluding carboxylic acids is 1. The van der Waals surface area contributed by atoms with Crippen molar-refractivity contribution in [3.8, 4) is 0 Å². The van der Waals surface area contributed by atoms with E-state index in [1.807, 2.05) is 30.3 Å². The lowest BCUT2D eigenvalue weighted by molar-refractivity contribution is -0.119. The Labute approximate surface area is 87.8 Å². The lowest BCUT2D eigenvalue weighted by Gasteiger charge is -2.06. The van der Waals surface area contributed by atoms with Crippen LogP contribution in [-0.4, -0.2) is 16.2 Å². The van der Waals surface area contributed by atoms with Crippen molar-refractivity contribution in [3.05, 3.63) is 35.9 Å². The van der Waals surface area contributed by atoms with Crippen molar-refractivity contribution in [2.45, 2.75) is 12.5 Å². The minimum absolute atomic E-state index is 0.459. The predicted octanol–water partition coefficient (Wildman–Crippen LogP) is -0.295. The molecule has 0 aliphatic rings. The van der Waals surface area contributed by atoms with Gasteiger partial charge in [0, 0.05) is 0 Å². The maximum atomic E-state index is 10.6. The lowest BCUT2D eigenvalue weighted by atomic mass is 10.1. The largest absolute Gasteiger partial charge is 0.368 e. The van der Waals surface area contributed by atoms with Crippen LogP contribution in [-0.2, 0) is 23.7 Å². The summed E-state index contributed by atoms with van der Waals surface area (Å²) in [6, 6.07) is 8.99. The fourth-order valence-corrected chi connectivity index (χ4v) is 0.969. The summed E-state index contributed by atoms with van der Waals surface area (Å²) in [6.07, 6.45) is 0.510. The third-order valence-corrected chi connectivity index (χ3v) is 1.66. The second kappa shape index (κ2) is 7.11. The minimum atomic E-state index is -0.576. The Kier molecular flexibility index (Phi) is 6.43. The van der Waals surface area contributed by atoms with Gasteiger partial charge in [0.15, 0.2) is 12.5 Å². The molecule has 0 aliphatic heterocycles. The van der Waals surface area contributed by atoms with E-state index in [2.05, 4.69) is 12.5 Å². The number of rotatable bonds is 3. The van der Waals surface area contributed by atoms with Crippen LogP contribution >= 0.6 is 0 Å². The van der Waals surface area contributed by atoms with E-state index in [1.54, 1.807) is 0 Å². The quantitative estimate of drug-likeness (QED) is 0.720. The highest BCUT2D eigenvalue weighted by Gasteiger charge is 2.08. The zero-order chi connectivity index (χ0) is 11.0. The molecule has 1 aromatic rings. The van der Waals surface area contributed by atoms with Crippen LogP contribution in [0.25, 0.3) is 0 Å². The molecule has 0 saturated carbocycles. The van der Waals surface area contributed by atoms with E-state index in [0.717, 1.165) is 5.56 Å². The molecule has 0 radical (unpaired) electrons. The van der Waals surface area contributed by atoms with Crippen molar-refractivity contribution in [1.29, 1.82) is 0 Å². The Bertz CT molecular complexity index is 279. The zero-order valence-corrected chi connectivity index (χ0v) is 8.37. The van der Waals surface area contributed by atoms with Crippen LogP contribution < -0.4 is 11.5 Å². The first-order valence-corrected chi connectivity index (χ1v) is 4.29. The Morgan fingerprint density at radius 1 is 1.29 bits per heavy atom. The molecule has 4 nitrogen and oxygen atoms in total. The topological polar surface area (TPSA) is 86.2 Å². The molecule has 1 unspecified atom stereocenters. The normalized spacial score (nSPS) is 10.9. The summed E-state index contributed by atoms with van der Waals surface area (Å²) in [5.41, 5.74) is 11.5. The van der Waals surface area contributed by atoms with Gasteiger partial charge in [0.05, 0.1) is 6.04 Å². The summed E-state index contributed by atoms with van der Waals surface area (Å²) in [6.45, 7) is 0. The van der Waals surface area contributed by atoms with Crippen molar-refractivity contribution in [2.75, 3.05) is 0 Å². The standard InChI is InChI=1S/C9H12N2O.OS/c10-8(9(11)12)6-7-4-2-1-3-5-7;1-2/h1-5,8H,6,10H2,(H2,11,12);. The molecule has 0 fully saturated rings. The molecule has 1 atom stereocenters. The van der Waals surface area contributed by atoms with E-state index in [-0.39, 0.29) is 0 Å².